The Hall–Kier alpha value is -2.54. The fraction of sp³-hybridized carbons (Fsp3) is 0.458. The van der Waals surface area contributed by atoms with Gasteiger partial charge in [-0.1, -0.05) is 30.7 Å². The van der Waals surface area contributed by atoms with E-state index in [2.05, 4.69) is 30.4 Å². The average Bonchev–Trinajstić information content (AvgIpc) is 2.70. The van der Waals surface area contributed by atoms with Gasteiger partial charge in [-0.3, -0.25) is 9.10 Å². The summed E-state index contributed by atoms with van der Waals surface area (Å²) in [6, 6.07) is 13.1. The van der Waals surface area contributed by atoms with E-state index in [9.17, 15) is 13.2 Å². The maximum absolute atomic E-state index is 12.6. The Morgan fingerprint density at radius 1 is 1.10 bits per heavy atom. The van der Waals surface area contributed by atoms with Crippen LogP contribution in [0.4, 0.5) is 5.69 Å². The molecule has 0 aliphatic heterocycles. The summed E-state index contributed by atoms with van der Waals surface area (Å²) >= 11 is 0. The monoisotopic (exact) mass is 446 g/mol. The van der Waals surface area contributed by atoms with Crippen molar-refractivity contribution < 1.29 is 17.9 Å². The maximum Gasteiger partial charge on any atom is 0.232 e. The first-order valence-corrected chi connectivity index (χ1v) is 12.6. The molecule has 31 heavy (non-hydrogen) atoms. The Morgan fingerprint density at radius 2 is 1.77 bits per heavy atom. The number of nitrogens with zero attached hydrogens (tertiary/aromatic N) is 1. The van der Waals surface area contributed by atoms with E-state index in [-0.39, 0.29) is 24.9 Å². The third kappa shape index (κ3) is 7.28. The van der Waals surface area contributed by atoms with Crippen molar-refractivity contribution >= 4 is 21.6 Å². The summed E-state index contributed by atoms with van der Waals surface area (Å²) in [5.41, 5.74) is 4.03. The Labute approximate surface area is 186 Å². The second-order valence-electron chi connectivity index (χ2n) is 7.75. The molecule has 170 valence electrons. The predicted molar refractivity (Wildman–Crippen MR) is 126 cm³/mol. The number of carbonyl (C=O) groups is 1. The molecule has 0 radical (unpaired) electrons. The summed E-state index contributed by atoms with van der Waals surface area (Å²) < 4.78 is 31.3. The Kier molecular flexibility index (Phi) is 8.92. The van der Waals surface area contributed by atoms with Crippen molar-refractivity contribution in [1.29, 1.82) is 0 Å². The maximum atomic E-state index is 12.6. The highest BCUT2D eigenvalue weighted by atomic mass is 32.2. The van der Waals surface area contributed by atoms with E-state index >= 15 is 0 Å². The first kappa shape index (κ1) is 24.7. The molecular formula is C24H34N2O4S. The van der Waals surface area contributed by atoms with E-state index in [1.54, 1.807) is 24.3 Å². The molecule has 1 atom stereocenters. The lowest BCUT2D eigenvalue weighted by Crippen LogP contribution is -2.33. The number of hydrogen-bond acceptors (Lipinski definition) is 4. The number of benzene rings is 2. The van der Waals surface area contributed by atoms with E-state index in [0.29, 0.717) is 24.5 Å². The van der Waals surface area contributed by atoms with Gasteiger partial charge in [0.1, 0.15) is 5.75 Å². The SMILES string of the molecule is CCOc1ccc(N(CCCC(=O)N[C@H](CC)c2ccc(C)cc2C)S(C)(=O)=O)cc1. The van der Waals surface area contributed by atoms with Crippen LogP contribution in [0.25, 0.3) is 0 Å². The standard InChI is InChI=1S/C24H34N2O4S/c1-6-23(22-15-10-18(3)17-19(22)4)25-24(27)9-8-16-26(31(5,28)29)20-11-13-21(14-12-20)30-7-2/h10-15,17,23H,6-9,16H2,1-5H3,(H,25,27)/t23-/m1/s1. The Balaban J connectivity index is 1.98. The second kappa shape index (κ2) is 11.2. The summed E-state index contributed by atoms with van der Waals surface area (Å²) in [7, 11) is -3.46. The minimum Gasteiger partial charge on any atom is -0.494 e. The van der Waals surface area contributed by atoms with Crippen LogP contribution in [-0.4, -0.2) is 33.7 Å². The quantitative estimate of drug-likeness (QED) is 0.551. The van der Waals surface area contributed by atoms with Gasteiger partial charge in [0.25, 0.3) is 0 Å². The number of carbonyl (C=O) groups excluding carboxylic acids is 1. The van der Waals surface area contributed by atoms with Gasteiger partial charge in [0, 0.05) is 13.0 Å². The molecule has 0 unspecified atom stereocenters. The van der Waals surface area contributed by atoms with Crippen molar-refractivity contribution in [3.05, 3.63) is 59.2 Å². The molecule has 0 spiro atoms. The van der Waals surface area contributed by atoms with E-state index in [1.807, 2.05) is 20.8 Å². The fourth-order valence-electron chi connectivity index (χ4n) is 3.63. The van der Waals surface area contributed by atoms with E-state index < -0.39 is 10.0 Å². The van der Waals surface area contributed by atoms with Gasteiger partial charge in [0.05, 0.1) is 24.6 Å². The molecule has 2 rings (SSSR count). The molecule has 0 aliphatic rings. The molecule has 1 N–H and O–H groups in total. The van der Waals surface area contributed by atoms with Gasteiger partial charge in [-0.25, -0.2) is 8.42 Å². The van der Waals surface area contributed by atoms with Crippen LogP contribution in [0.1, 0.15) is 55.8 Å². The second-order valence-corrected chi connectivity index (χ2v) is 9.66. The highest BCUT2D eigenvalue weighted by Gasteiger charge is 2.19. The first-order valence-electron chi connectivity index (χ1n) is 10.7. The zero-order valence-corrected chi connectivity index (χ0v) is 20.0. The van der Waals surface area contributed by atoms with Gasteiger partial charge >= 0.3 is 0 Å². The van der Waals surface area contributed by atoms with Crippen molar-refractivity contribution in [3.63, 3.8) is 0 Å². The zero-order valence-electron chi connectivity index (χ0n) is 19.1. The van der Waals surface area contributed by atoms with Gasteiger partial charge < -0.3 is 10.1 Å². The number of aryl methyl sites for hydroxylation is 2. The Morgan fingerprint density at radius 3 is 2.32 bits per heavy atom. The molecule has 0 fully saturated rings. The van der Waals surface area contributed by atoms with E-state index in [0.717, 1.165) is 17.5 Å². The van der Waals surface area contributed by atoms with Crippen LogP contribution in [0.3, 0.4) is 0 Å². The number of anilines is 1. The fourth-order valence-corrected chi connectivity index (χ4v) is 4.59. The minimum atomic E-state index is -3.46. The number of ether oxygens (including phenoxy) is 1. The molecule has 0 aromatic heterocycles. The summed E-state index contributed by atoms with van der Waals surface area (Å²) in [6.45, 7) is 8.82. The van der Waals surface area contributed by atoms with Crippen LogP contribution < -0.4 is 14.4 Å². The molecular weight excluding hydrogens is 412 g/mol. The van der Waals surface area contributed by atoms with Crippen molar-refractivity contribution in [2.75, 3.05) is 23.7 Å². The summed E-state index contributed by atoms with van der Waals surface area (Å²) in [4.78, 5) is 12.6. The van der Waals surface area contributed by atoms with Crippen LogP contribution in [0.2, 0.25) is 0 Å². The predicted octanol–water partition coefficient (Wildman–Crippen LogP) is 4.52. The lowest BCUT2D eigenvalue weighted by atomic mass is 9.97. The first-order chi connectivity index (χ1) is 14.7. The normalized spacial score (nSPS) is 12.3. The number of amides is 1. The van der Waals surface area contributed by atoms with Gasteiger partial charge in [-0.05, 0) is 69.0 Å². The van der Waals surface area contributed by atoms with Crippen LogP contribution in [0.15, 0.2) is 42.5 Å². The van der Waals surface area contributed by atoms with Crippen LogP contribution in [0.5, 0.6) is 5.75 Å². The van der Waals surface area contributed by atoms with Crippen molar-refractivity contribution in [1.82, 2.24) is 5.32 Å². The number of sulfonamides is 1. The van der Waals surface area contributed by atoms with Crippen molar-refractivity contribution in [3.8, 4) is 5.75 Å². The summed E-state index contributed by atoms with van der Waals surface area (Å²) in [6.07, 6.45) is 2.65. The highest BCUT2D eigenvalue weighted by Crippen LogP contribution is 2.23. The van der Waals surface area contributed by atoms with Crippen molar-refractivity contribution in [2.24, 2.45) is 0 Å². The third-order valence-electron chi connectivity index (χ3n) is 5.15. The van der Waals surface area contributed by atoms with Gasteiger partial charge in [0.15, 0.2) is 0 Å². The average molecular weight is 447 g/mol. The number of nitrogens with one attached hydrogen (secondary N) is 1. The zero-order chi connectivity index (χ0) is 23.0. The largest absolute Gasteiger partial charge is 0.494 e. The lowest BCUT2D eigenvalue weighted by molar-refractivity contribution is -0.121. The molecule has 1 amide bonds. The molecule has 0 bridgehead atoms. The molecule has 6 nitrogen and oxygen atoms in total. The molecule has 0 aliphatic carbocycles. The van der Waals surface area contributed by atoms with Gasteiger partial charge in [0.2, 0.25) is 15.9 Å². The number of rotatable bonds is 11. The molecule has 0 saturated heterocycles. The van der Waals surface area contributed by atoms with Crippen molar-refractivity contribution in [2.45, 2.75) is 53.0 Å². The molecule has 7 heteroatoms. The van der Waals surface area contributed by atoms with E-state index in [4.69, 9.17) is 4.74 Å². The molecule has 0 saturated carbocycles. The van der Waals surface area contributed by atoms with Gasteiger partial charge in [-0.15, -0.1) is 0 Å². The highest BCUT2D eigenvalue weighted by molar-refractivity contribution is 7.92. The van der Waals surface area contributed by atoms with Crippen LogP contribution >= 0.6 is 0 Å². The van der Waals surface area contributed by atoms with E-state index in [1.165, 1.54) is 16.1 Å². The Bertz CT molecular complexity index is 972. The van der Waals surface area contributed by atoms with Crippen LogP contribution in [0, 0.1) is 13.8 Å². The molecule has 2 aromatic rings. The third-order valence-corrected chi connectivity index (χ3v) is 6.34. The topological polar surface area (TPSA) is 75.7 Å². The number of hydrogen-bond donors (Lipinski definition) is 1. The lowest BCUT2D eigenvalue weighted by Gasteiger charge is -2.23. The summed E-state index contributed by atoms with van der Waals surface area (Å²) in [5, 5.41) is 3.09. The van der Waals surface area contributed by atoms with Crippen LogP contribution in [-0.2, 0) is 14.8 Å². The summed E-state index contributed by atoms with van der Waals surface area (Å²) in [5.74, 6) is 0.614. The smallest absolute Gasteiger partial charge is 0.232 e. The molecule has 0 heterocycles. The van der Waals surface area contributed by atoms with Gasteiger partial charge in [-0.2, -0.15) is 0 Å². The molecule has 2 aromatic carbocycles. The minimum absolute atomic E-state index is 0.0507.